The molecule has 0 bridgehead atoms. The topological polar surface area (TPSA) is 52.7 Å². The second-order valence-corrected chi connectivity index (χ2v) is 6.29. The Kier molecular flexibility index (Phi) is 5.03. The van der Waals surface area contributed by atoms with Gasteiger partial charge in [-0.25, -0.2) is 4.79 Å². The van der Waals surface area contributed by atoms with Crippen LogP contribution in [0.2, 0.25) is 0 Å². The van der Waals surface area contributed by atoms with Crippen molar-refractivity contribution in [2.45, 2.75) is 20.3 Å². The van der Waals surface area contributed by atoms with E-state index in [0.29, 0.717) is 13.1 Å². The highest BCUT2D eigenvalue weighted by Gasteiger charge is 2.30. The molecule has 2 aromatic carbocycles. The summed E-state index contributed by atoms with van der Waals surface area (Å²) in [7, 11) is 0. The summed E-state index contributed by atoms with van der Waals surface area (Å²) in [4.78, 5) is 28.1. The van der Waals surface area contributed by atoms with Crippen LogP contribution < -0.4 is 10.2 Å². The zero-order chi connectivity index (χ0) is 17.8. The molecule has 5 heteroatoms. The lowest BCUT2D eigenvalue weighted by Crippen LogP contribution is -2.37. The number of amides is 3. The summed E-state index contributed by atoms with van der Waals surface area (Å²) in [6.07, 6.45) is 0.964. The summed E-state index contributed by atoms with van der Waals surface area (Å²) in [5.41, 5.74) is 4.00. The van der Waals surface area contributed by atoms with Crippen LogP contribution in [0, 0.1) is 6.92 Å². The van der Waals surface area contributed by atoms with Crippen molar-refractivity contribution in [3.05, 3.63) is 59.7 Å². The maximum absolute atomic E-state index is 12.5. The minimum absolute atomic E-state index is 0.0662. The molecular formula is C20H23N3O2. The van der Waals surface area contributed by atoms with Crippen molar-refractivity contribution < 1.29 is 9.59 Å². The quantitative estimate of drug-likeness (QED) is 0.909. The molecule has 3 amide bonds. The molecule has 5 nitrogen and oxygen atoms in total. The Labute approximate surface area is 148 Å². The molecule has 0 unspecified atom stereocenters. The molecular weight excluding hydrogens is 314 g/mol. The molecule has 1 aliphatic heterocycles. The number of carbonyl (C=O) groups is 2. The number of aryl methyl sites for hydroxylation is 2. The first-order valence-corrected chi connectivity index (χ1v) is 8.58. The van der Waals surface area contributed by atoms with Crippen LogP contribution in [-0.2, 0) is 11.2 Å². The van der Waals surface area contributed by atoms with E-state index in [-0.39, 0.29) is 18.5 Å². The van der Waals surface area contributed by atoms with Crippen LogP contribution >= 0.6 is 0 Å². The minimum Gasteiger partial charge on any atom is -0.325 e. The van der Waals surface area contributed by atoms with Gasteiger partial charge in [-0.05, 0) is 43.2 Å². The zero-order valence-corrected chi connectivity index (χ0v) is 14.7. The van der Waals surface area contributed by atoms with Crippen LogP contribution in [0.4, 0.5) is 16.2 Å². The lowest BCUT2D eigenvalue weighted by Gasteiger charge is -2.18. The summed E-state index contributed by atoms with van der Waals surface area (Å²) in [6, 6.07) is 15.5. The van der Waals surface area contributed by atoms with E-state index >= 15 is 0 Å². The largest absolute Gasteiger partial charge is 0.325 e. The smallest absolute Gasteiger partial charge is 0.325 e. The molecule has 3 rings (SSSR count). The first-order chi connectivity index (χ1) is 12.1. The number of nitrogens with one attached hydrogen (secondary N) is 1. The summed E-state index contributed by atoms with van der Waals surface area (Å²) >= 11 is 0. The molecule has 130 valence electrons. The fourth-order valence-electron chi connectivity index (χ4n) is 2.89. The van der Waals surface area contributed by atoms with Gasteiger partial charge in [-0.1, -0.05) is 36.8 Å². The van der Waals surface area contributed by atoms with Crippen LogP contribution in [-0.4, -0.2) is 36.5 Å². The Morgan fingerprint density at radius 1 is 1.04 bits per heavy atom. The number of hydrogen-bond donors (Lipinski definition) is 1. The van der Waals surface area contributed by atoms with Gasteiger partial charge in [0, 0.05) is 24.5 Å². The Morgan fingerprint density at radius 2 is 1.72 bits per heavy atom. The molecule has 0 spiro atoms. The summed E-state index contributed by atoms with van der Waals surface area (Å²) in [5.74, 6) is -0.177. The van der Waals surface area contributed by atoms with Gasteiger partial charge in [0.1, 0.15) is 6.54 Å². The van der Waals surface area contributed by atoms with Gasteiger partial charge >= 0.3 is 6.03 Å². The van der Waals surface area contributed by atoms with E-state index in [1.807, 2.05) is 55.5 Å². The standard InChI is InChI=1S/C20H23N3O2/c1-3-16-6-8-17(9-7-16)21-19(24)14-22-12-13-23(20(22)25)18-10-4-15(2)5-11-18/h4-11H,3,12-14H2,1-2H3,(H,21,24). The maximum atomic E-state index is 12.5. The summed E-state index contributed by atoms with van der Waals surface area (Å²) in [6.45, 7) is 5.32. The van der Waals surface area contributed by atoms with E-state index in [1.54, 1.807) is 9.80 Å². The average Bonchev–Trinajstić information content (AvgIpc) is 2.97. The van der Waals surface area contributed by atoms with E-state index in [2.05, 4.69) is 12.2 Å². The van der Waals surface area contributed by atoms with Gasteiger partial charge in [-0.3, -0.25) is 9.69 Å². The van der Waals surface area contributed by atoms with Crippen molar-refractivity contribution in [1.82, 2.24) is 4.90 Å². The van der Waals surface area contributed by atoms with Gasteiger partial charge in [0.15, 0.2) is 0 Å². The highest BCUT2D eigenvalue weighted by Crippen LogP contribution is 2.20. The van der Waals surface area contributed by atoms with E-state index in [0.717, 1.165) is 23.4 Å². The van der Waals surface area contributed by atoms with Gasteiger partial charge in [-0.15, -0.1) is 0 Å². The number of benzene rings is 2. The maximum Gasteiger partial charge on any atom is 0.325 e. The molecule has 1 saturated heterocycles. The first-order valence-electron chi connectivity index (χ1n) is 8.58. The molecule has 1 fully saturated rings. The van der Waals surface area contributed by atoms with E-state index in [9.17, 15) is 9.59 Å². The molecule has 0 aliphatic carbocycles. The Bertz CT molecular complexity index is 754. The van der Waals surface area contributed by atoms with Crippen LogP contribution in [0.15, 0.2) is 48.5 Å². The number of anilines is 2. The van der Waals surface area contributed by atoms with E-state index < -0.39 is 0 Å². The molecule has 0 saturated carbocycles. The Hall–Kier alpha value is -2.82. The second kappa shape index (κ2) is 7.38. The third kappa shape index (κ3) is 3.99. The van der Waals surface area contributed by atoms with E-state index in [4.69, 9.17) is 0 Å². The molecule has 25 heavy (non-hydrogen) atoms. The van der Waals surface area contributed by atoms with Gasteiger partial charge in [0.05, 0.1) is 0 Å². The van der Waals surface area contributed by atoms with Crippen LogP contribution in [0.25, 0.3) is 0 Å². The van der Waals surface area contributed by atoms with Gasteiger partial charge in [0.2, 0.25) is 5.91 Å². The second-order valence-electron chi connectivity index (χ2n) is 6.29. The lowest BCUT2D eigenvalue weighted by molar-refractivity contribution is -0.116. The van der Waals surface area contributed by atoms with Crippen LogP contribution in [0.1, 0.15) is 18.1 Å². The molecule has 1 N–H and O–H groups in total. The Morgan fingerprint density at radius 3 is 2.36 bits per heavy atom. The lowest BCUT2D eigenvalue weighted by atomic mass is 10.1. The third-order valence-electron chi connectivity index (χ3n) is 4.42. The van der Waals surface area contributed by atoms with Crippen molar-refractivity contribution >= 4 is 23.3 Å². The average molecular weight is 337 g/mol. The summed E-state index contributed by atoms with van der Waals surface area (Å²) < 4.78 is 0. The predicted octanol–water partition coefficient (Wildman–Crippen LogP) is 3.44. The van der Waals surface area contributed by atoms with Crippen molar-refractivity contribution in [3.8, 4) is 0 Å². The van der Waals surface area contributed by atoms with Crippen LogP contribution in [0.3, 0.4) is 0 Å². The molecule has 1 aliphatic rings. The fourth-order valence-corrected chi connectivity index (χ4v) is 2.89. The number of urea groups is 1. The number of rotatable bonds is 5. The predicted molar refractivity (Wildman–Crippen MR) is 99.9 cm³/mol. The van der Waals surface area contributed by atoms with Gasteiger partial charge in [-0.2, -0.15) is 0 Å². The zero-order valence-electron chi connectivity index (χ0n) is 14.7. The summed E-state index contributed by atoms with van der Waals surface area (Å²) in [5, 5.41) is 2.85. The van der Waals surface area contributed by atoms with Crippen molar-refractivity contribution in [2.75, 3.05) is 29.9 Å². The molecule has 0 aromatic heterocycles. The molecule has 0 radical (unpaired) electrons. The highest BCUT2D eigenvalue weighted by molar-refractivity contribution is 5.99. The van der Waals surface area contributed by atoms with Gasteiger partial charge in [0.25, 0.3) is 0 Å². The molecule has 0 atom stereocenters. The minimum atomic E-state index is -0.177. The number of hydrogen-bond acceptors (Lipinski definition) is 2. The SMILES string of the molecule is CCc1ccc(NC(=O)CN2CCN(c3ccc(C)cc3)C2=O)cc1. The normalized spacial score (nSPS) is 14.1. The molecule has 1 heterocycles. The van der Waals surface area contributed by atoms with Crippen molar-refractivity contribution in [1.29, 1.82) is 0 Å². The highest BCUT2D eigenvalue weighted by atomic mass is 16.2. The third-order valence-corrected chi connectivity index (χ3v) is 4.42. The van der Waals surface area contributed by atoms with E-state index in [1.165, 1.54) is 5.56 Å². The monoisotopic (exact) mass is 337 g/mol. The van der Waals surface area contributed by atoms with Crippen LogP contribution in [0.5, 0.6) is 0 Å². The fraction of sp³-hybridized carbons (Fsp3) is 0.300. The van der Waals surface area contributed by atoms with Crippen molar-refractivity contribution in [2.24, 2.45) is 0 Å². The number of nitrogens with zero attached hydrogens (tertiary/aromatic N) is 2. The number of carbonyl (C=O) groups excluding carboxylic acids is 2. The first kappa shape index (κ1) is 17.0. The van der Waals surface area contributed by atoms with Gasteiger partial charge < -0.3 is 10.2 Å². The molecule has 2 aromatic rings. The van der Waals surface area contributed by atoms with Crippen molar-refractivity contribution in [3.63, 3.8) is 0 Å². The Balaban J connectivity index is 1.58.